The Balaban J connectivity index is 1.57. The van der Waals surface area contributed by atoms with Gasteiger partial charge in [0.05, 0.1) is 19.3 Å². The highest BCUT2D eigenvalue weighted by atomic mass is 16.5. The van der Waals surface area contributed by atoms with Crippen molar-refractivity contribution >= 4 is 5.91 Å². The van der Waals surface area contributed by atoms with Gasteiger partial charge in [-0.05, 0) is 36.2 Å². The Kier molecular flexibility index (Phi) is 3.54. The number of rotatable bonds is 3. The van der Waals surface area contributed by atoms with E-state index in [1.54, 1.807) is 7.11 Å². The molecule has 0 saturated carbocycles. The minimum absolute atomic E-state index is 0.0488. The van der Waals surface area contributed by atoms with Gasteiger partial charge in [0, 0.05) is 12.1 Å². The summed E-state index contributed by atoms with van der Waals surface area (Å²) in [5, 5.41) is 0. The van der Waals surface area contributed by atoms with E-state index >= 15 is 0 Å². The number of fused-ring (bicyclic) bond motifs is 2. The lowest BCUT2D eigenvalue weighted by Crippen LogP contribution is -2.43. The molecule has 2 aliphatic rings. The number of ether oxygens (including phenoxy) is 2. The summed E-state index contributed by atoms with van der Waals surface area (Å²) in [6.45, 7) is 0.686. The number of benzene rings is 2. The molecular formula is C19H19NO3. The Morgan fingerprint density at radius 2 is 1.87 bits per heavy atom. The summed E-state index contributed by atoms with van der Waals surface area (Å²) in [5.74, 6) is 0.925. The van der Waals surface area contributed by atoms with E-state index in [-0.39, 0.29) is 24.2 Å². The lowest BCUT2D eigenvalue weighted by atomic mass is 10.0. The zero-order chi connectivity index (χ0) is 15.8. The van der Waals surface area contributed by atoms with Gasteiger partial charge in [0.1, 0.15) is 11.9 Å². The number of carbonyl (C=O) groups is 1. The van der Waals surface area contributed by atoms with E-state index in [0.29, 0.717) is 6.54 Å². The second-order valence-electron chi connectivity index (χ2n) is 6.08. The maximum Gasteiger partial charge on any atom is 0.254 e. The minimum atomic E-state index is -0.0488. The highest BCUT2D eigenvalue weighted by Crippen LogP contribution is 2.42. The molecule has 2 aromatic rings. The largest absolute Gasteiger partial charge is 0.497 e. The SMILES string of the molecule is COc1ccc([C@H]2OC3CC2N(C(=O)c2ccccc2)C3)cc1. The Labute approximate surface area is 135 Å². The molecule has 2 aromatic carbocycles. The smallest absolute Gasteiger partial charge is 0.254 e. The topological polar surface area (TPSA) is 38.8 Å². The van der Waals surface area contributed by atoms with Crippen molar-refractivity contribution in [3.05, 3.63) is 65.7 Å². The maximum absolute atomic E-state index is 12.8. The van der Waals surface area contributed by atoms with Crippen molar-refractivity contribution < 1.29 is 14.3 Å². The molecular weight excluding hydrogens is 290 g/mol. The molecule has 4 rings (SSSR count). The molecule has 2 aliphatic heterocycles. The monoisotopic (exact) mass is 309 g/mol. The summed E-state index contributed by atoms with van der Waals surface area (Å²) < 4.78 is 11.3. The molecule has 0 spiro atoms. The molecule has 2 unspecified atom stereocenters. The van der Waals surface area contributed by atoms with Gasteiger partial charge in [0.15, 0.2) is 0 Å². The van der Waals surface area contributed by atoms with Crippen LogP contribution < -0.4 is 4.74 Å². The number of likely N-dealkylation sites (tertiary alicyclic amines) is 1. The normalized spacial score (nSPS) is 25.6. The molecule has 118 valence electrons. The molecule has 2 fully saturated rings. The average Bonchev–Trinajstić information content (AvgIpc) is 3.23. The van der Waals surface area contributed by atoms with E-state index in [9.17, 15) is 4.79 Å². The van der Waals surface area contributed by atoms with Crippen LogP contribution >= 0.6 is 0 Å². The van der Waals surface area contributed by atoms with Gasteiger partial charge in [-0.1, -0.05) is 30.3 Å². The van der Waals surface area contributed by atoms with Crippen LogP contribution in [0.4, 0.5) is 0 Å². The highest BCUT2D eigenvalue weighted by Gasteiger charge is 2.48. The minimum Gasteiger partial charge on any atom is -0.497 e. The first-order chi connectivity index (χ1) is 11.3. The third-order valence-electron chi connectivity index (χ3n) is 4.72. The Morgan fingerprint density at radius 3 is 2.52 bits per heavy atom. The molecule has 4 heteroatoms. The van der Waals surface area contributed by atoms with Crippen molar-refractivity contribution in [2.24, 2.45) is 0 Å². The number of hydrogen-bond acceptors (Lipinski definition) is 3. The van der Waals surface area contributed by atoms with Crippen molar-refractivity contribution in [1.82, 2.24) is 4.90 Å². The van der Waals surface area contributed by atoms with Crippen LogP contribution in [0, 0.1) is 0 Å². The van der Waals surface area contributed by atoms with E-state index in [0.717, 1.165) is 23.3 Å². The van der Waals surface area contributed by atoms with Crippen molar-refractivity contribution in [3.63, 3.8) is 0 Å². The van der Waals surface area contributed by atoms with E-state index in [1.807, 2.05) is 59.5 Å². The third kappa shape index (κ3) is 2.49. The molecule has 2 saturated heterocycles. The number of hydrogen-bond donors (Lipinski definition) is 0. The predicted octanol–water partition coefficient (Wildman–Crippen LogP) is 3.05. The van der Waals surface area contributed by atoms with Gasteiger partial charge in [-0.25, -0.2) is 0 Å². The zero-order valence-electron chi connectivity index (χ0n) is 13.0. The molecule has 2 bridgehead atoms. The van der Waals surface area contributed by atoms with Crippen LogP contribution in [0.2, 0.25) is 0 Å². The molecule has 3 atom stereocenters. The van der Waals surface area contributed by atoms with Gasteiger partial charge in [0.25, 0.3) is 5.91 Å². The molecule has 23 heavy (non-hydrogen) atoms. The van der Waals surface area contributed by atoms with Crippen molar-refractivity contribution in [1.29, 1.82) is 0 Å². The van der Waals surface area contributed by atoms with E-state index in [2.05, 4.69) is 0 Å². The number of methoxy groups -OCH3 is 1. The standard InChI is InChI=1S/C19H19NO3/c1-22-15-9-7-13(8-10-15)18-17-11-16(23-18)12-20(17)19(21)14-5-3-2-4-6-14/h2-10,16-18H,11-12H2,1H3/t16?,17?,18-/m1/s1. The summed E-state index contributed by atoms with van der Waals surface area (Å²) in [7, 11) is 1.66. The van der Waals surface area contributed by atoms with Gasteiger partial charge in [-0.3, -0.25) is 4.79 Å². The number of nitrogens with zero attached hydrogens (tertiary/aromatic N) is 1. The first kappa shape index (κ1) is 14.3. The third-order valence-corrected chi connectivity index (χ3v) is 4.72. The van der Waals surface area contributed by atoms with E-state index < -0.39 is 0 Å². The lowest BCUT2D eigenvalue weighted by molar-refractivity contribution is -0.0280. The quantitative estimate of drug-likeness (QED) is 0.875. The van der Waals surface area contributed by atoms with Crippen LogP contribution in [0.3, 0.4) is 0 Å². The zero-order valence-corrected chi connectivity index (χ0v) is 13.0. The fourth-order valence-corrected chi connectivity index (χ4v) is 3.58. The van der Waals surface area contributed by atoms with E-state index in [1.165, 1.54) is 0 Å². The predicted molar refractivity (Wildman–Crippen MR) is 86.5 cm³/mol. The highest BCUT2D eigenvalue weighted by molar-refractivity contribution is 5.94. The fraction of sp³-hybridized carbons (Fsp3) is 0.316. The first-order valence-electron chi connectivity index (χ1n) is 7.91. The first-order valence-corrected chi connectivity index (χ1v) is 7.91. The molecule has 0 radical (unpaired) electrons. The van der Waals surface area contributed by atoms with Crippen LogP contribution in [0.5, 0.6) is 5.75 Å². The number of morpholine rings is 1. The van der Waals surface area contributed by atoms with Crippen LogP contribution in [-0.2, 0) is 4.74 Å². The summed E-state index contributed by atoms with van der Waals surface area (Å²) in [6, 6.07) is 17.5. The average molecular weight is 309 g/mol. The van der Waals surface area contributed by atoms with Crippen molar-refractivity contribution in [2.45, 2.75) is 24.7 Å². The molecule has 2 heterocycles. The number of carbonyl (C=O) groups excluding carboxylic acids is 1. The summed E-state index contributed by atoms with van der Waals surface area (Å²) in [6.07, 6.45) is 1.00. The van der Waals surface area contributed by atoms with Gasteiger partial charge < -0.3 is 14.4 Å². The summed E-state index contributed by atoms with van der Waals surface area (Å²) >= 11 is 0. The van der Waals surface area contributed by atoms with Crippen LogP contribution in [0.25, 0.3) is 0 Å². The van der Waals surface area contributed by atoms with Crippen molar-refractivity contribution in [2.75, 3.05) is 13.7 Å². The van der Waals surface area contributed by atoms with Crippen LogP contribution in [-0.4, -0.2) is 36.6 Å². The molecule has 1 amide bonds. The Morgan fingerprint density at radius 1 is 1.13 bits per heavy atom. The fourth-order valence-electron chi connectivity index (χ4n) is 3.58. The maximum atomic E-state index is 12.8. The Hall–Kier alpha value is -2.33. The molecule has 0 aliphatic carbocycles. The molecule has 0 aromatic heterocycles. The van der Waals surface area contributed by atoms with Crippen LogP contribution in [0.1, 0.15) is 28.4 Å². The molecule has 0 N–H and O–H groups in total. The lowest BCUT2D eigenvalue weighted by Gasteiger charge is -2.33. The van der Waals surface area contributed by atoms with Gasteiger partial charge >= 0.3 is 0 Å². The van der Waals surface area contributed by atoms with Gasteiger partial charge in [-0.15, -0.1) is 0 Å². The van der Waals surface area contributed by atoms with Gasteiger partial charge in [0.2, 0.25) is 0 Å². The summed E-state index contributed by atoms with van der Waals surface area (Å²) in [4.78, 5) is 14.7. The second kappa shape index (κ2) is 5.70. The summed E-state index contributed by atoms with van der Waals surface area (Å²) in [5.41, 5.74) is 1.84. The Bertz CT molecular complexity index is 698. The van der Waals surface area contributed by atoms with E-state index in [4.69, 9.17) is 9.47 Å². The van der Waals surface area contributed by atoms with Gasteiger partial charge in [-0.2, -0.15) is 0 Å². The molecule has 4 nitrogen and oxygen atoms in total. The number of amides is 1. The van der Waals surface area contributed by atoms with Crippen molar-refractivity contribution in [3.8, 4) is 5.75 Å². The second-order valence-corrected chi connectivity index (χ2v) is 6.08. The van der Waals surface area contributed by atoms with Crippen LogP contribution in [0.15, 0.2) is 54.6 Å².